The minimum Gasteiger partial charge on any atom is -0.352 e. The monoisotopic (exact) mass is 325 g/mol. The highest BCUT2D eigenvalue weighted by Gasteiger charge is 2.34. The summed E-state index contributed by atoms with van der Waals surface area (Å²) in [4.78, 5) is 16.2. The number of amides is 1. The second kappa shape index (κ2) is 6.73. The summed E-state index contributed by atoms with van der Waals surface area (Å²) >= 11 is 0. The minimum atomic E-state index is 0.168. The third-order valence-electron chi connectivity index (χ3n) is 5.15. The molecule has 2 unspecified atom stereocenters. The van der Waals surface area contributed by atoms with Gasteiger partial charge in [-0.3, -0.25) is 4.79 Å². The molecule has 1 aromatic heterocycles. The Morgan fingerprint density at radius 3 is 2.62 bits per heavy atom. The van der Waals surface area contributed by atoms with Crippen molar-refractivity contribution in [2.24, 2.45) is 5.92 Å². The van der Waals surface area contributed by atoms with Crippen LogP contribution in [0.2, 0.25) is 0 Å². The van der Waals surface area contributed by atoms with Crippen LogP contribution < -0.4 is 10.6 Å². The number of carbonyl (C=O) groups is 1. The SMILES string of the molecule is O=C(CC1CC2CCC(C1)N2)NCc1ccc(-n2cncn2)cc1. The van der Waals surface area contributed by atoms with Crippen LogP contribution in [-0.2, 0) is 11.3 Å². The van der Waals surface area contributed by atoms with E-state index in [4.69, 9.17) is 0 Å². The molecular weight excluding hydrogens is 302 g/mol. The van der Waals surface area contributed by atoms with Crippen molar-refractivity contribution in [2.45, 2.75) is 50.7 Å². The van der Waals surface area contributed by atoms with E-state index in [0.29, 0.717) is 31.0 Å². The number of fused-ring (bicyclic) bond motifs is 2. The molecule has 1 amide bonds. The number of hydrogen-bond acceptors (Lipinski definition) is 4. The minimum absolute atomic E-state index is 0.168. The Morgan fingerprint density at radius 1 is 1.21 bits per heavy atom. The topological polar surface area (TPSA) is 71.8 Å². The highest BCUT2D eigenvalue weighted by Crippen LogP contribution is 2.32. The van der Waals surface area contributed by atoms with Gasteiger partial charge in [0.15, 0.2) is 0 Å². The predicted molar refractivity (Wildman–Crippen MR) is 90.5 cm³/mol. The molecule has 4 rings (SSSR count). The first-order chi connectivity index (χ1) is 11.8. The van der Waals surface area contributed by atoms with Gasteiger partial charge in [0.1, 0.15) is 12.7 Å². The summed E-state index contributed by atoms with van der Waals surface area (Å²) in [6.07, 6.45) is 8.70. The van der Waals surface area contributed by atoms with Gasteiger partial charge in [-0.15, -0.1) is 0 Å². The van der Waals surface area contributed by atoms with E-state index in [1.54, 1.807) is 11.0 Å². The Labute approximate surface area is 141 Å². The van der Waals surface area contributed by atoms with Crippen LogP contribution in [-0.4, -0.2) is 32.8 Å². The van der Waals surface area contributed by atoms with Crippen LogP contribution in [0.3, 0.4) is 0 Å². The van der Waals surface area contributed by atoms with E-state index in [1.165, 1.54) is 19.2 Å². The summed E-state index contributed by atoms with van der Waals surface area (Å²) in [5, 5.41) is 10.8. The molecule has 2 fully saturated rings. The Kier molecular flexibility index (Phi) is 4.30. The molecule has 2 N–H and O–H groups in total. The number of benzene rings is 1. The number of nitrogens with one attached hydrogen (secondary N) is 2. The van der Waals surface area contributed by atoms with Gasteiger partial charge in [0.05, 0.1) is 5.69 Å². The van der Waals surface area contributed by atoms with Gasteiger partial charge in [0.2, 0.25) is 5.91 Å². The lowest BCUT2D eigenvalue weighted by Gasteiger charge is -2.28. The Bertz CT molecular complexity index is 670. The normalized spacial score (nSPS) is 25.6. The molecule has 6 heteroatoms. The average Bonchev–Trinajstić information content (AvgIpc) is 3.23. The van der Waals surface area contributed by atoms with Crippen molar-refractivity contribution in [3.05, 3.63) is 42.5 Å². The zero-order chi connectivity index (χ0) is 16.4. The van der Waals surface area contributed by atoms with Crippen molar-refractivity contribution in [3.63, 3.8) is 0 Å². The lowest BCUT2D eigenvalue weighted by atomic mass is 9.89. The van der Waals surface area contributed by atoms with Crippen LogP contribution in [0.15, 0.2) is 36.9 Å². The summed E-state index contributed by atoms with van der Waals surface area (Å²) in [6.45, 7) is 0.578. The molecule has 6 nitrogen and oxygen atoms in total. The van der Waals surface area contributed by atoms with Crippen LogP contribution >= 0.6 is 0 Å². The fraction of sp³-hybridized carbons (Fsp3) is 0.500. The maximum absolute atomic E-state index is 12.2. The molecule has 0 saturated carbocycles. The maximum atomic E-state index is 12.2. The van der Waals surface area contributed by atoms with E-state index < -0.39 is 0 Å². The highest BCUT2D eigenvalue weighted by atomic mass is 16.1. The van der Waals surface area contributed by atoms with E-state index in [1.807, 2.05) is 24.3 Å². The third-order valence-corrected chi connectivity index (χ3v) is 5.15. The van der Waals surface area contributed by atoms with Crippen molar-refractivity contribution in [1.82, 2.24) is 25.4 Å². The molecule has 24 heavy (non-hydrogen) atoms. The van der Waals surface area contributed by atoms with Gasteiger partial charge in [0, 0.05) is 25.0 Å². The average molecular weight is 325 g/mol. The molecule has 2 saturated heterocycles. The second-order valence-electron chi connectivity index (χ2n) is 6.96. The first kappa shape index (κ1) is 15.3. The number of rotatable bonds is 5. The molecule has 2 atom stereocenters. The molecule has 126 valence electrons. The summed E-state index contributed by atoms with van der Waals surface area (Å²) in [6, 6.07) is 9.29. The molecular formula is C18H23N5O. The number of carbonyl (C=O) groups excluding carboxylic acids is 1. The smallest absolute Gasteiger partial charge is 0.220 e. The largest absolute Gasteiger partial charge is 0.352 e. The van der Waals surface area contributed by atoms with Crippen LogP contribution in [0.1, 0.15) is 37.7 Å². The predicted octanol–water partition coefficient (Wildman–Crippen LogP) is 1.80. The van der Waals surface area contributed by atoms with Gasteiger partial charge >= 0.3 is 0 Å². The Morgan fingerprint density at radius 2 is 1.96 bits per heavy atom. The van der Waals surface area contributed by atoms with Crippen LogP contribution in [0, 0.1) is 5.92 Å². The third kappa shape index (κ3) is 3.48. The van der Waals surface area contributed by atoms with Gasteiger partial charge in [-0.05, 0) is 49.3 Å². The fourth-order valence-corrected chi connectivity index (χ4v) is 3.98. The molecule has 0 aliphatic carbocycles. The fourth-order valence-electron chi connectivity index (χ4n) is 3.98. The molecule has 2 aromatic rings. The quantitative estimate of drug-likeness (QED) is 0.879. The standard InChI is InChI=1S/C18H23N5O/c24-18(9-14-7-15-3-4-16(8-14)22-15)20-10-13-1-5-17(6-2-13)23-12-19-11-21-23/h1-2,5-6,11-12,14-16,22H,3-4,7-10H2,(H,20,24). The summed E-state index contributed by atoms with van der Waals surface area (Å²) in [5.41, 5.74) is 2.06. The molecule has 2 bridgehead atoms. The Balaban J connectivity index is 1.26. The number of aromatic nitrogens is 3. The first-order valence-corrected chi connectivity index (χ1v) is 8.73. The van der Waals surface area contributed by atoms with Crippen LogP contribution in [0.4, 0.5) is 0 Å². The number of hydrogen-bond donors (Lipinski definition) is 2. The molecule has 0 radical (unpaired) electrons. The van der Waals surface area contributed by atoms with Gasteiger partial charge in [0.25, 0.3) is 0 Å². The summed E-state index contributed by atoms with van der Waals surface area (Å²) < 4.78 is 1.72. The molecule has 1 aromatic carbocycles. The highest BCUT2D eigenvalue weighted by molar-refractivity contribution is 5.76. The van der Waals surface area contributed by atoms with Crippen molar-refractivity contribution in [3.8, 4) is 5.69 Å². The lowest BCUT2D eigenvalue weighted by Crippen LogP contribution is -2.39. The van der Waals surface area contributed by atoms with Crippen molar-refractivity contribution >= 4 is 5.91 Å². The lowest BCUT2D eigenvalue weighted by molar-refractivity contribution is -0.122. The first-order valence-electron chi connectivity index (χ1n) is 8.73. The van der Waals surface area contributed by atoms with E-state index in [9.17, 15) is 4.79 Å². The van der Waals surface area contributed by atoms with Crippen LogP contribution in [0.5, 0.6) is 0 Å². The summed E-state index contributed by atoms with van der Waals surface area (Å²) in [5.74, 6) is 0.708. The van der Waals surface area contributed by atoms with E-state index in [2.05, 4.69) is 20.7 Å². The van der Waals surface area contributed by atoms with Gasteiger partial charge < -0.3 is 10.6 Å². The van der Waals surface area contributed by atoms with Gasteiger partial charge in [-0.2, -0.15) is 5.10 Å². The van der Waals surface area contributed by atoms with Gasteiger partial charge in [-0.1, -0.05) is 12.1 Å². The maximum Gasteiger partial charge on any atom is 0.220 e. The molecule has 2 aliphatic heterocycles. The zero-order valence-electron chi connectivity index (χ0n) is 13.7. The van der Waals surface area contributed by atoms with Crippen molar-refractivity contribution in [1.29, 1.82) is 0 Å². The Hall–Kier alpha value is -2.21. The number of nitrogens with zero attached hydrogens (tertiary/aromatic N) is 3. The van der Waals surface area contributed by atoms with E-state index in [-0.39, 0.29) is 5.91 Å². The summed E-state index contributed by atoms with van der Waals surface area (Å²) in [7, 11) is 0. The van der Waals surface area contributed by atoms with Crippen LogP contribution in [0.25, 0.3) is 5.69 Å². The molecule has 0 spiro atoms. The van der Waals surface area contributed by atoms with Crippen molar-refractivity contribution in [2.75, 3.05) is 0 Å². The van der Waals surface area contributed by atoms with Gasteiger partial charge in [-0.25, -0.2) is 9.67 Å². The second-order valence-corrected chi connectivity index (χ2v) is 6.96. The zero-order valence-corrected chi connectivity index (χ0v) is 13.7. The van der Waals surface area contributed by atoms with E-state index >= 15 is 0 Å². The molecule has 2 aliphatic rings. The molecule has 3 heterocycles. The number of piperidine rings is 1. The van der Waals surface area contributed by atoms with E-state index in [0.717, 1.165) is 24.1 Å². The van der Waals surface area contributed by atoms with Crippen molar-refractivity contribution < 1.29 is 4.79 Å².